The Kier molecular flexibility index (Phi) is 5.08. The molecule has 1 amide bonds. The van der Waals surface area contributed by atoms with Gasteiger partial charge in [0, 0.05) is 18.6 Å². The predicted octanol–water partition coefficient (Wildman–Crippen LogP) is 0.229. The van der Waals surface area contributed by atoms with Crippen LogP contribution in [0.2, 0.25) is 0 Å². The van der Waals surface area contributed by atoms with Crippen molar-refractivity contribution in [2.24, 2.45) is 4.99 Å². The molecular weight excluding hydrogens is 204 g/mol. The lowest BCUT2D eigenvalue weighted by Gasteiger charge is -2.13. The number of carbonyl (C=O) groups excluding carboxylic acids is 1. The van der Waals surface area contributed by atoms with Crippen LogP contribution in [0.1, 0.15) is 33.6 Å². The predicted molar refractivity (Wildman–Crippen MR) is 65.4 cm³/mol. The third-order valence-electron chi connectivity index (χ3n) is 2.09. The van der Waals surface area contributed by atoms with Gasteiger partial charge >= 0.3 is 0 Å². The smallest absolute Gasteiger partial charge is 0.242 e. The van der Waals surface area contributed by atoms with E-state index < -0.39 is 0 Å². The number of nitrogens with zero attached hydrogens (tertiary/aromatic N) is 1. The van der Waals surface area contributed by atoms with Gasteiger partial charge in [-0.1, -0.05) is 0 Å². The number of amides is 1. The molecule has 1 aliphatic rings. The summed E-state index contributed by atoms with van der Waals surface area (Å²) in [5.74, 6) is 0.701. The van der Waals surface area contributed by atoms with Crippen LogP contribution in [0.15, 0.2) is 4.99 Å². The van der Waals surface area contributed by atoms with Crippen LogP contribution >= 0.6 is 0 Å². The molecule has 5 heteroatoms. The van der Waals surface area contributed by atoms with Gasteiger partial charge < -0.3 is 16.0 Å². The first-order valence-corrected chi connectivity index (χ1v) is 5.96. The highest BCUT2D eigenvalue weighted by molar-refractivity contribution is 5.85. The van der Waals surface area contributed by atoms with Gasteiger partial charge in [-0.05, 0) is 33.6 Å². The second kappa shape index (κ2) is 6.35. The van der Waals surface area contributed by atoms with Crippen LogP contribution in [-0.4, -0.2) is 37.0 Å². The minimum atomic E-state index is 0.00320. The van der Waals surface area contributed by atoms with E-state index in [2.05, 4.69) is 20.9 Å². The normalized spacial score (nSPS) is 16.1. The minimum absolute atomic E-state index is 0.00320. The standard InChI is InChI=1S/C11H22N4O/c1-4-12-11(14-8(2)3)13-7-10(16)15-9-5-6-9/h8-9H,4-7H2,1-3H3,(H,15,16)(H2,12,13,14). The van der Waals surface area contributed by atoms with Gasteiger partial charge in [0.05, 0.1) is 0 Å². The van der Waals surface area contributed by atoms with Gasteiger partial charge in [-0.25, -0.2) is 4.99 Å². The Morgan fingerprint density at radius 2 is 2.12 bits per heavy atom. The molecule has 0 aliphatic heterocycles. The van der Waals surface area contributed by atoms with Gasteiger partial charge in [0.25, 0.3) is 0 Å². The fraction of sp³-hybridized carbons (Fsp3) is 0.818. The van der Waals surface area contributed by atoms with E-state index in [0.717, 1.165) is 19.4 Å². The molecule has 1 fully saturated rings. The summed E-state index contributed by atoms with van der Waals surface area (Å²) in [6, 6.07) is 0.715. The Balaban J connectivity index is 2.32. The molecule has 0 heterocycles. The molecule has 5 nitrogen and oxygen atoms in total. The molecule has 1 saturated carbocycles. The minimum Gasteiger partial charge on any atom is -0.357 e. The second-order valence-corrected chi connectivity index (χ2v) is 4.34. The zero-order chi connectivity index (χ0) is 12.0. The maximum absolute atomic E-state index is 11.4. The molecule has 16 heavy (non-hydrogen) atoms. The van der Waals surface area contributed by atoms with Crippen LogP contribution in [0.4, 0.5) is 0 Å². The first kappa shape index (κ1) is 12.8. The van der Waals surface area contributed by atoms with Crippen LogP contribution in [-0.2, 0) is 4.79 Å². The maximum atomic E-state index is 11.4. The average Bonchev–Trinajstić information content (AvgIpc) is 2.97. The number of hydrogen-bond acceptors (Lipinski definition) is 2. The van der Waals surface area contributed by atoms with Gasteiger partial charge in [0.15, 0.2) is 5.96 Å². The van der Waals surface area contributed by atoms with E-state index in [4.69, 9.17) is 0 Å². The monoisotopic (exact) mass is 226 g/mol. The molecule has 0 radical (unpaired) electrons. The van der Waals surface area contributed by atoms with Crippen molar-refractivity contribution >= 4 is 11.9 Å². The summed E-state index contributed by atoms with van der Waals surface area (Å²) < 4.78 is 0. The first-order valence-electron chi connectivity index (χ1n) is 5.96. The van der Waals surface area contributed by atoms with Crippen molar-refractivity contribution in [3.63, 3.8) is 0 Å². The van der Waals surface area contributed by atoms with E-state index in [1.54, 1.807) is 0 Å². The lowest BCUT2D eigenvalue weighted by Crippen LogP contribution is -2.41. The zero-order valence-electron chi connectivity index (χ0n) is 10.3. The number of carbonyl (C=O) groups is 1. The fourth-order valence-corrected chi connectivity index (χ4v) is 1.25. The highest BCUT2D eigenvalue weighted by atomic mass is 16.2. The Morgan fingerprint density at radius 3 is 2.62 bits per heavy atom. The molecule has 0 aromatic carbocycles. The van der Waals surface area contributed by atoms with E-state index in [9.17, 15) is 4.79 Å². The molecule has 0 spiro atoms. The lowest BCUT2D eigenvalue weighted by atomic mass is 10.4. The van der Waals surface area contributed by atoms with Gasteiger partial charge in [0.2, 0.25) is 5.91 Å². The van der Waals surface area contributed by atoms with Crippen molar-refractivity contribution in [3.05, 3.63) is 0 Å². The molecular formula is C11H22N4O. The highest BCUT2D eigenvalue weighted by Crippen LogP contribution is 2.18. The maximum Gasteiger partial charge on any atom is 0.242 e. The summed E-state index contributed by atoms with van der Waals surface area (Å²) in [5, 5.41) is 9.16. The van der Waals surface area contributed by atoms with Crippen LogP contribution in [0, 0.1) is 0 Å². The third kappa shape index (κ3) is 5.58. The Hall–Kier alpha value is -1.26. The number of aliphatic imine (C=N–C) groups is 1. The van der Waals surface area contributed by atoms with E-state index in [1.807, 2.05) is 20.8 Å². The summed E-state index contributed by atoms with van der Waals surface area (Å²) in [5.41, 5.74) is 0. The van der Waals surface area contributed by atoms with Crippen LogP contribution < -0.4 is 16.0 Å². The van der Waals surface area contributed by atoms with E-state index >= 15 is 0 Å². The molecule has 0 atom stereocenters. The molecule has 0 aromatic rings. The van der Waals surface area contributed by atoms with Crippen molar-refractivity contribution in [1.29, 1.82) is 0 Å². The molecule has 0 bridgehead atoms. The Morgan fingerprint density at radius 1 is 1.44 bits per heavy atom. The molecule has 1 rings (SSSR count). The number of hydrogen-bond donors (Lipinski definition) is 3. The quantitative estimate of drug-likeness (QED) is 0.464. The fourth-order valence-electron chi connectivity index (χ4n) is 1.25. The third-order valence-corrected chi connectivity index (χ3v) is 2.09. The molecule has 1 aliphatic carbocycles. The van der Waals surface area contributed by atoms with Gasteiger partial charge in [-0.15, -0.1) is 0 Å². The highest BCUT2D eigenvalue weighted by Gasteiger charge is 2.22. The van der Waals surface area contributed by atoms with Crippen molar-refractivity contribution in [1.82, 2.24) is 16.0 Å². The van der Waals surface area contributed by atoms with E-state index in [1.165, 1.54) is 0 Å². The second-order valence-electron chi connectivity index (χ2n) is 4.34. The largest absolute Gasteiger partial charge is 0.357 e. The zero-order valence-corrected chi connectivity index (χ0v) is 10.3. The van der Waals surface area contributed by atoms with Crippen molar-refractivity contribution in [2.75, 3.05) is 13.1 Å². The molecule has 92 valence electrons. The number of guanidine groups is 1. The summed E-state index contributed by atoms with van der Waals surface area (Å²) in [6.45, 7) is 7.07. The van der Waals surface area contributed by atoms with Gasteiger partial charge in [-0.2, -0.15) is 0 Å². The van der Waals surface area contributed by atoms with Crippen molar-refractivity contribution in [2.45, 2.75) is 45.7 Å². The summed E-state index contributed by atoms with van der Waals surface area (Å²) in [4.78, 5) is 15.6. The summed E-state index contributed by atoms with van der Waals surface area (Å²) in [6.07, 6.45) is 2.22. The Bertz CT molecular complexity index is 259. The van der Waals surface area contributed by atoms with Crippen molar-refractivity contribution < 1.29 is 4.79 Å². The lowest BCUT2D eigenvalue weighted by molar-refractivity contribution is -0.119. The average molecular weight is 226 g/mol. The Labute approximate surface area is 97.1 Å². The van der Waals surface area contributed by atoms with Crippen LogP contribution in [0.3, 0.4) is 0 Å². The number of nitrogens with one attached hydrogen (secondary N) is 3. The SMILES string of the molecule is CCNC(=NCC(=O)NC1CC1)NC(C)C. The van der Waals surface area contributed by atoms with E-state index in [-0.39, 0.29) is 12.5 Å². The van der Waals surface area contributed by atoms with Crippen LogP contribution in [0.25, 0.3) is 0 Å². The molecule has 0 aromatic heterocycles. The molecule has 0 saturated heterocycles. The summed E-state index contributed by atoms with van der Waals surface area (Å²) in [7, 11) is 0. The van der Waals surface area contributed by atoms with Crippen molar-refractivity contribution in [3.8, 4) is 0 Å². The number of rotatable bonds is 5. The molecule has 0 unspecified atom stereocenters. The topological polar surface area (TPSA) is 65.5 Å². The molecule has 3 N–H and O–H groups in total. The van der Waals surface area contributed by atoms with E-state index in [0.29, 0.717) is 18.0 Å². The van der Waals surface area contributed by atoms with Gasteiger partial charge in [-0.3, -0.25) is 4.79 Å². The first-order chi connectivity index (χ1) is 7.61. The van der Waals surface area contributed by atoms with Crippen LogP contribution in [0.5, 0.6) is 0 Å². The summed E-state index contributed by atoms with van der Waals surface area (Å²) >= 11 is 0. The van der Waals surface area contributed by atoms with Gasteiger partial charge in [0.1, 0.15) is 6.54 Å².